The molecule has 0 saturated heterocycles. The van der Waals surface area contributed by atoms with E-state index in [-0.39, 0.29) is 28.1 Å². The number of nitrogens with two attached hydrogens (primary N) is 1. The van der Waals surface area contributed by atoms with Crippen molar-refractivity contribution in [1.82, 2.24) is 4.57 Å². The first-order valence-corrected chi connectivity index (χ1v) is 7.60. The molecular formula is C18H13ClN2O4. The van der Waals surface area contributed by atoms with Crippen molar-refractivity contribution in [3.63, 3.8) is 0 Å². The summed E-state index contributed by atoms with van der Waals surface area (Å²) in [5.74, 6) is -1.37. The van der Waals surface area contributed by atoms with Gasteiger partial charge in [-0.25, -0.2) is 0 Å². The molecule has 0 atom stereocenters. The molecular weight excluding hydrogens is 344 g/mol. The van der Waals surface area contributed by atoms with E-state index in [1.54, 1.807) is 24.3 Å². The molecule has 7 heteroatoms. The van der Waals surface area contributed by atoms with Crippen LogP contribution in [-0.4, -0.2) is 20.6 Å². The minimum atomic E-state index is -0.542. The first-order chi connectivity index (χ1) is 11.9. The quantitative estimate of drug-likeness (QED) is 0.380. The molecule has 0 fully saturated rings. The number of aromatic hydroxyl groups is 2. The summed E-state index contributed by atoms with van der Waals surface area (Å²) < 4.78 is 1.28. The molecule has 2 aromatic carbocycles. The molecule has 0 amide bonds. The van der Waals surface area contributed by atoms with E-state index >= 15 is 0 Å². The van der Waals surface area contributed by atoms with Gasteiger partial charge in [0, 0.05) is 22.8 Å². The Balaban J connectivity index is 2.10. The van der Waals surface area contributed by atoms with Gasteiger partial charge in [0.05, 0.1) is 11.3 Å². The van der Waals surface area contributed by atoms with Crippen LogP contribution in [0, 0.1) is 0 Å². The van der Waals surface area contributed by atoms with Crippen LogP contribution in [-0.2, 0) is 0 Å². The van der Waals surface area contributed by atoms with Gasteiger partial charge >= 0.3 is 0 Å². The number of carbonyl (C=O) groups excluding carboxylic acids is 1. The summed E-state index contributed by atoms with van der Waals surface area (Å²) >= 11 is 5.95. The van der Waals surface area contributed by atoms with Gasteiger partial charge in [0.1, 0.15) is 11.4 Å². The predicted molar refractivity (Wildman–Crippen MR) is 94.7 cm³/mol. The van der Waals surface area contributed by atoms with Crippen molar-refractivity contribution < 1.29 is 15.0 Å². The molecule has 0 unspecified atom stereocenters. The summed E-state index contributed by atoms with van der Waals surface area (Å²) in [6.45, 7) is 0. The zero-order chi connectivity index (χ0) is 18.1. The molecule has 6 nitrogen and oxygen atoms in total. The van der Waals surface area contributed by atoms with Crippen molar-refractivity contribution in [2.24, 2.45) is 0 Å². The second-order valence-electron chi connectivity index (χ2n) is 5.33. The number of hydrogen-bond donors (Lipinski definition) is 3. The molecule has 25 heavy (non-hydrogen) atoms. The van der Waals surface area contributed by atoms with Crippen LogP contribution < -0.4 is 11.3 Å². The average molecular weight is 357 g/mol. The monoisotopic (exact) mass is 356 g/mol. The van der Waals surface area contributed by atoms with Gasteiger partial charge in [-0.05, 0) is 36.4 Å². The van der Waals surface area contributed by atoms with E-state index in [1.165, 1.54) is 35.0 Å². The fourth-order valence-corrected chi connectivity index (χ4v) is 2.57. The molecule has 0 radical (unpaired) electrons. The van der Waals surface area contributed by atoms with E-state index in [9.17, 15) is 19.8 Å². The molecule has 0 aliphatic heterocycles. The van der Waals surface area contributed by atoms with Crippen LogP contribution >= 0.6 is 11.6 Å². The van der Waals surface area contributed by atoms with Gasteiger partial charge in [-0.15, -0.1) is 0 Å². The van der Waals surface area contributed by atoms with E-state index in [0.717, 1.165) is 0 Å². The van der Waals surface area contributed by atoms with Gasteiger partial charge in [-0.3, -0.25) is 14.2 Å². The van der Waals surface area contributed by atoms with E-state index in [0.29, 0.717) is 10.7 Å². The standard InChI is InChI=1S/C18H13ClN2O4/c19-11-2-1-3-12(8-11)21-9-10(4-7-15(21)23)17(24)13-5-6-14(22)16(20)18(13)25/h1-9,22,25H,20H2. The Kier molecular flexibility index (Phi) is 4.21. The van der Waals surface area contributed by atoms with E-state index in [1.807, 2.05) is 0 Å². The number of pyridine rings is 1. The van der Waals surface area contributed by atoms with Crippen molar-refractivity contribution in [2.75, 3.05) is 5.73 Å². The number of ketones is 1. The Bertz CT molecular complexity index is 1040. The summed E-state index contributed by atoms with van der Waals surface area (Å²) in [4.78, 5) is 24.8. The molecule has 0 aliphatic carbocycles. The number of halogens is 1. The zero-order valence-corrected chi connectivity index (χ0v) is 13.6. The number of phenols is 2. The Labute approximate surface area is 147 Å². The van der Waals surface area contributed by atoms with E-state index in [2.05, 4.69) is 0 Å². The van der Waals surface area contributed by atoms with Gasteiger partial charge in [0.15, 0.2) is 11.5 Å². The Morgan fingerprint density at radius 3 is 2.56 bits per heavy atom. The fraction of sp³-hybridized carbons (Fsp3) is 0. The number of aromatic nitrogens is 1. The maximum atomic E-state index is 12.7. The van der Waals surface area contributed by atoms with Crippen molar-refractivity contribution in [3.8, 4) is 17.2 Å². The van der Waals surface area contributed by atoms with Crippen LogP contribution in [0.4, 0.5) is 5.69 Å². The lowest BCUT2D eigenvalue weighted by Gasteiger charge is -2.10. The molecule has 4 N–H and O–H groups in total. The number of phenolic OH excluding ortho intramolecular Hbond substituents is 2. The second-order valence-corrected chi connectivity index (χ2v) is 5.77. The minimum absolute atomic E-state index is 0.0772. The molecule has 1 heterocycles. The highest BCUT2D eigenvalue weighted by Crippen LogP contribution is 2.34. The summed E-state index contributed by atoms with van der Waals surface area (Å²) in [6.07, 6.45) is 1.36. The van der Waals surface area contributed by atoms with Gasteiger partial charge < -0.3 is 15.9 Å². The highest BCUT2D eigenvalue weighted by molar-refractivity contribution is 6.30. The minimum Gasteiger partial charge on any atom is -0.506 e. The molecule has 0 spiro atoms. The molecule has 3 rings (SSSR count). The third-order valence-electron chi connectivity index (χ3n) is 3.70. The number of anilines is 1. The summed E-state index contributed by atoms with van der Waals surface area (Å²) in [6, 6.07) is 11.7. The largest absolute Gasteiger partial charge is 0.506 e. The number of nitrogen functional groups attached to an aromatic ring is 1. The van der Waals surface area contributed by atoms with Gasteiger partial charge in [0.25, 0.3) is 5.56 Å². The normalized spacial score (nSPS) is 10.6. The third kappa shape index (κ3) is 3.07. The maximum Gasteiger partial charge on any atom is 0.255 e. The molecule has 3 aromatic rings. The van der Waals surface area contributed by atoms with Crippen molar-refractivity contribution in [2.45, 2.75) is 0 Å². The Morgan fingerprint density at radius 1 is 1.08 bits per heavy atom. The van der Waals surface area contributed by atoms with Crippen LogP contribution in [0.3, 0.4) is 0 Å². The predicted octanol–water partition coefficient (Wildman–Crippen LogP) is 2.72. The van der Waals surface area contributed by atoms with Crippen molar-refractivity contribution >= 4 is 23.1 Å². The number of benzene rings is 2. The van der Waals surface area contributed by atoms with Crippen LogP contribution in [0.5, 0.6) is 11.5 Å². The van der Waals surface area contributed by atoms with Crippen LogP contribution in [0.25, 0.3) is 5.69 Å². The highest BCUT2D eigenvalue weighted by atomic mass is 35.5. The molecule has 0 bridgehead atoms. The van der Waals surface area contributed by atoms with Gasteiger partial charge in [0.2, 0.25) is 0 Å². The Morgan fingerprint density at radius 2 is 1.84 bits per heavy atom. The highest BCUT2D eigenvalue weighted by Gasteiger charge is 2.18. The van der Waals surface area contributed by atoms with E-state index in [4.69, 9.17) is 17.3 Å². The van der Waals surface area contributed by atoms with E-state index < -0.39 is 11.5 Å². The van der Waals surface area contributed by atoms with Crippen LogP contribution in [0.2, 0.25) is 5.02 Å². The molecule has 0 aliphatic rings. The smallest absolute Gasteiger partial charge is 0.255 e. The lowest BCUT2D eigenvalue weighted by molar-refractivity contribution is 0.103. The average Bonchev–Trinajstić information content (AvgIpc) is 2.60. The fourth-order valence-electron chi connectivity index (χ4n) is 2.39. The first-order valence-electron chi connectivity index (χ1n) is 7.22. The SMILES string of the molecule is Nc1c(O)ccc(C(=O)c2ccc(=O)n(-c3cccc(Cl)c3)c2)c1O. The zero-order valence-electron chi connectivity index (χ0n) is 12.8. The first kappa shape index (κ1) is 16.6. The van der Waals surface area contributed by atoms with Crippen molar-refractivity contribution in [1.29, 1.82) is 0 Å². The molecule has 126 valence electrons. The summed E-state index contributed by atoms with van der Waals surface area (Å²) in [5, 5.41) is 19.9. The topological polar surface area (TPSA) is 106 Å². The Hall–Kier alpha value is -3.25. The number of carbonyl (C=O) groups is 1. The lowest BCUT2D eigenvalue weighted by Crippen LogP contribution is -2.18. The van der Waals surface area contributed by atoms with Crippen LogP contribution in [0.15, 0.2) is 59.5 Å². The lowest BCUT2D eigenvalue weighted by atomic mass is 10.0. The molecule has 1 aromatic heterocycles. The number of hydrogen-bond acceptors (Lipinski definition) is 5. The summed E-state index contributed by atoms with van der Waals surface area (Å²) in [5.41, 5.74) is 5.51. The number of rotatable bonds is 3. The third-order valence-corrected chi connectivity index (χ3v) is 3.93. The summed E-state index contributed by atoms with van der Waals surface area (Å²) in [7, 11) is 0. The van der Waals surface area contributed by atoms with Gasteiger partial charge in [-0.1, -0.05) is 17.7 Å². The molecule has 0 saturated carbocycles. The van der Waals surface area contributed by atoms with Crippen LogP contribution in [0.1, 0.15) is 15.9 Å². The second kappa shape index (κ2) is 6.33. The maximum absolute atomic E-state index is 12.7. The van der Waals surface area contributed by atoms with Gasteiger partial charge in [-0.2, -0.15) is 0 Å². The van der Waals surface area contributed by atoms with Crippen molar-refractivity contribution in [3.05, 3.63) is 81.2 Å². The number of nitrogens with zero attached hydrogens (tertiary/aromatic N) is 1.